The molecule has 0 bridgehead atoms. The highest BCUT2D eigenvalue weighted by atomic mass is 32.1. The minimum atomic E-state index is -0.206. The summed E-state index contributed by atoms with van der Waals surface area (Å²) in [5.41, 5.74) is 2.86. The second-order valence-electron chi connectivity index (χ2n) is 6.09. The second kappa shape index (κ2) is 5.62. The summed E-state index contributed by atoms with van der Waals surface area (Å²) in [5.74, 6) is -0.206. The summed E-state index contributed by atoms with van der Waals surface area (Å²) in [5, 5.41) is 4.07. The predicted molar refractivity (Wildman–Crippen MR) is 83.7 cm³/mol. The van der Waals surface area contributed by atoms with Gasteiger partial charge in [0.15, 0.2) is 0 Å². The SMILES string of the molecule is CNCc1sc(-c2cc(C)cc(F)c2)nc1C(C)(C)C. The van der Waals surface area contributed by atoms with Crippen LogP contribution >= 0.6 is 11.3 Å². The van der Waals surface area contributed by atoms with E-state index in [9.17, 15) is 4.39 Å². The molecule has 0 aliphatic rings. The van der Waals surface area contributed by atoms with Gasteiger partial charge in [0, 0.05) is 22.4 Å². The monoisotopic (exact) mass is 292 g/mol. The summed E-state index contributed by atoms with van der Waals surface area (Å²) in [6.45, 7) is 9.16. The number of halogens is 1. The molecule has 1 heterocycles. The van der Waals surface area contributed by atoms with Crippen molar-refractivity contribution in [3.63, 3.8) is 0 Å². The van der Waals surface area contributed by atoms with Crippen LogP contribution in [0.15, 0.2) is 18.2 Å². The van der Waals surface area contributed by atoms with E-state index < -0.39 is 0 Å². The number of hydrogen-bond donors (Lipinski definition) is 1. The molecule has 108 valence electrons. The third-order valence-electron chi connectivity index (χ3n) is 3.03. The molecule has 0 aliphatic carbocycles. The molecule has 2 nitrogen and oxygen atoms in total. The van der Waals surface area contributed by atoms with Crippen LogP contribution in [-0.4, -0.2) is 12.0 Å². The number of aromatic nitrogens is 1. The zero-order valence-electron chi connectivity index (χ0n) is 12.7. The lowest BCUT2D eigenvalue weighted by Gasteiger charge is -2.17. The summed E-state index contributed by atoms with van der Waals surface area (Å²) in [6.07, 6.45) is 0. The first-order valence-electron chi connectivity index (χ1n) is 6.73. The van der Waals surface area contributed by atoms with E-state index >= 15 is 0 Å². The molecule has 4 heteroatoms. The Labute approximate surface area is 124 Å². The maximum absolute atomic E-state index is 13.6. The predicted octanol–water partition coefficient (Wildman–Crippen LogP) is 4.27. The van der Waals surface area contributed by atoms with Crippen molar-refractivity contribution < 1.29 is 4.39 Å². The van der Waals surface area contributed by atoms with E-state index in [1.54, 1.807) is 17.4 Å². The number of hydrogen-bond acceptors (Lipinski definition) is 3. The van der Waals surface area contributed by atoms with Crippen molar-refractivity contribution in [3.8, 4) is 10.6 Å². The van der Waals surface area contributed by atoms with Crippen LogP contribution in [0.1, 0.15) is 36.9 Å². The van der Waals surface area contributed by atoms with Crippen LogP contribution in [-0.2, 0) is 12.0 Å². The lowest BCUT2D eigenvalue weighted by molar-refractivity contribution is 0.563. The third-order valence-corrected chi connectivity index (χ3v) is 4.14. The number of aryl methyl sites for hydroxylation is 1. The average molecular weight is 292 g/mol. The number of nitrogens with one attached hydrogen (secondary N) is 1. The normalized spacial score (nSPS) is 11.9. The van der Waals surface area contributed by atoms with Gasteiger partial charge in [0.2, 0.25) is 0 Å². The Morgan fingerprint density at radius 1 is 1.25 bits per heavy atom. The van der Waals surface area contributed by atoms with Crippen LogP contribution in [0.3, 0.4) is 0 Å². The first-order chi connectivity index (χ1) is 9.31. The standard InChI is InChI=1S/C16H21FN2S/c1-10-6-11(8-12(17)7-10)15-19-14(16(2,3)4)13(20-15)9-18-5/h6-8,18H,9H2,1-5H3. The number of thiazole rings is 1. The van der Waals surface area contributed by atoms with Crippen molar-refractivity contribution in [3.05, 3.63) is 40.2 Å². The van der Waals surface area contributed by atoms with Crippen molar-refractivity contribution in [2.24, 2.45) is 0 Å². The molecule has 0 amide bonds. The summed E-state index contributed by atoms with van der Waals surface area (Å²) >= 11 is 1.64. The van der Waals surface area contributed by atoms with Crippen molar-refractivity contribution in [2.75, 3.05) is 7.05 Å². The molecule has 0 radical (unpaired) electrons. The molecule has 0 saturated heterocycles. The fourth-order valence-corrected chi connectivity index (χ4v) is 3.47. The van der Waals surface area contributed by atoms with Crippen LogP contribution in [0.4, 0.5) is 4.39 Å². The van der Waals surface area contributed by atoms with Gasteiger partial charge in [-0.1, -0.05) is 20.8 Å². The summed E-state index contributed by atoms with van der Waals surface area (Å²) < 4.78 is 13.6. The molecule has 1 aromatic heterocycles. The first kappa shape index (κ1) is 15.1. The molecule has 0 saturated carbocycles. The Morgan fingerprint density at radius 2 is 1.95 bits per heavy atom. The Balaban J connectivity index is 2.52. The Kier molecular flexibility index (Phi) is 4.25. The van der Waals surface area contributed by atoms with Crippen molar-refractivity contribution in [1.82, 2.24) is 10.3 Å². The minimum absolute atomic E-state index is 0.0106. The molecular formula is C16H21FN2S. The molecule has 2 rings (SSSR count). The molecule has 2 aromatic rings. The van der Waals surface area contributed by atoms with Crippen LogP contribution in [0.2, 0.25) is 0 Å². The zero-order valence-corrected chi connectivity index (χ0v) is 13.5. The number of rotatable bonds is 3. The van der Waals surface area contributed by atoms with Crippen LogP contribution in [0, 0.1) is 12.7 Å². The molecule has 0 spiro atoms. The van der Waals surface area contributed by atoms with E-state index in [1.165, 1.54) is 10.9 Å². The quantitative estimate of drug-likeness (QED) is 0.913. The molecule has 0 fully saturated rings. The molecule has 1 N–H and O–H groups in total. The van der Waals surface area contributed by atoms with Gasteiger partial charge < -0.3 is 5.32 Å². The van der Waals surface area contributed by atoms with Gasteiger partial charge in [-0.2, -0.15) is 0 Å². The van der Waals surface area contributed by atoms with Gasteiger partial charge >= 0.3 is 0 Å². The maximum Gasteiger partial charge on any atom is 0.124 e. The number of nitrogens with zero attached hydrogens (tertiary/aromatic N) is 1. The summed E-state index contributed by atoms with van der Waals surface area (Å²) in [7, 11) is 1.93. The van der Waals surface area contributed by atoms with Crippen LogP contribution in [0.5, 0.6) is 0 Å². The van der Waals surface area contributed by atoms with E-state index in [4.69, 9.17) is 4.98 Å². The van der Waals surface area contributed by atoms with E-state index in [1.807, 2.05) is 20.0 Å². The molecule has 1 aromatic carbocycles. The third kappa shape index (κ3) is 3.25. The Morgan fingerprint density at radius 3 is 2.50 bits per heavy atom. The fraction of sp³-hybridized carbons (Fsp3) is 0.438. The van der Waals surface area contributed by atoms with Gasteiger partial charge in [-0.3, -0.25) is 0 Å². The lowest BCUT2D eigenvalue weighted by Crippen LogP contribution is -2.16. The topological polar surface area (TPSA) is 24.9 Å². The van der Waals surface area contributed by atoms with Gasteiger partial charge in [-0.05, 0) is 37.7 Å². The highest BCUT2D eigenvalue weighted by molar-refractivity contribution is 7.15. The van der Waals surface area contributed by atoms with Gasteiger partial charge in [0.05, 0.1) is 5.69 Å². The molecule has 20 heavy (non-hydrogen) atoms. The fourth-order valence-electron chi connectivity index (χ4n) is 2.20. The van der Waals surface area contributed by atoms with Crippen molar-refractivity contribution in [1.29, 1.82) is 0 Å². The van der Waals surface area contributed by atoms with Crippen molar-refractivity contribution in [2.45, 2.75) is 39.7 Å². The average Bonchev–Trinajstić information content (AvgIpc) is 2.72. The zero-order chi connectivity index (χ0) is 14.9. The maximum atomic E-state index is 13.6. The Hall–Kier alpha value is -1.26. The molecule has 0 aliphatic heterocycles. The largest absolute Gasteiger partial charge is 0.315 e. The van der Waals surface area contributed by atoms with E-state index in [2.05, 4.69) is 26.1 Å². The molecule has 0 unspecified atom stereocenters. The van der Waals surface area contributed by atoms with Crippen LogP contribution in [0.25, 0.3) is 10.6 Å². The van der Waals surface area contributed by atoms with Gasteiger partial charge in [-0.25, -0.2) is 9.37 Å². The highest BCUT2D eigenvalue weighted by Gasteiger charge is 2.23. The smallest absolute Gasteiger partial charge is 0.124 e. The van der Waals surface area contributed by atoms with E-state index in [0.717, 1.165) is 28.4 Å². The van der Waals surface area contributed by atoms with E-state index in [0.29, 0.717) is 0 Å². The van der Waals surface area contributed by atoms with Crippen molar-refractivity contribution >= 4 is 11.3 Å². The highest BCUT2D eigenvalue weighted by Crippen LogP contribution is 2.34. The van der Waals surface area contributed by atoms with Gasteiger partial charge in [0.25, 0.3) is 0 Å². The Bertz CT molecular complexity index is 591. The van der Waals surface area contributed by atoms with Gasteiger partial charge in [-0.15, -0.1) is 11.3 Å². The second-order valence-corrected chi connectivity index (χ2v) is 7.17. The van der Waals surface area contributed by atoms with Gasteiger partial charge in [0.1, 0.15) is 10.8 Å². The van der Waals surface area contributed by atoms with Crippen LogP contribution < -0.4 is 5.32 Å². The van der Waals surface area contributed by atoms with E-state index in [-0.39, 0.29) is 11.2 Å². The summed E-state index contributed by atoms with van der Waals surface area (Å²) in [6, 6.07) is 5.08. The number of benzene rings is 1. The molecule has 0 atom stereocenters. The first-order valence-corrected chi connectivity index (χ1v) is 7.55. The minimum Gasteiger partial charge on any atom is -0.315 e. The lowest BCUT2D eigenvalue weighted by atomic mass is 9.91. The summed E-state index contributed by atoms with van der Waals surface area (Å²) in [4.78, 5) is 5.98. The molecular weight excluding hydrogens is 271 g/mol.